The second-order valence-electron chi connectivity index (χ2n) is 4.49. The molecule has 1 N–H and O–H groups in total. The second kappa shape index (κ2) is 6.86. The Hall–Kier alpha value is -1.39. The Labute approximate surface area is 126 Å². The van der Waals surface area contributed by atoms with Crippen molar-refractivity contribution >= 4 is 15.9 Å². The standard InChI is InChI=1S/C16H16BrFO2/c1-2-9-20-13-6-3-11(4-7-13)16(19)14-10-12(18)5-8-15(14)17/h3-8,10,16,19H,2,9H2,1H3. The third-order valence-electron chi connectivity index (χ3n) is 2.92. The summed E-state index contributed by atoms with van der Waals surface area (Å²) in [6, 6.07) is 11.5. The van der Waals surface area contributed by atoms with Crippen molar-refractivity contribution < 1.29 is 14.2 Å². The number of aliphatic hydroxyl groups excluding tert-OH is 1. The SMILES string of the molecule is CCCOc1ccc(C(O)c2cc(F)ccc2Br)cc1. The lowest BCUT2D eigenvalue weighted by molar-refractivity contribution is 0.219. The van der Waals surface area contributed by atoms with E-state index in [4.69, 9.17) is 4.74 Å². The van der Waals surface area contributed by atoms with Crippen molar-refractivity contribution in [3.63, 3.8) is 0 Å². The van der Waals surface area contributed by atoms with Crippen LogP contribution in [0.4, 0.5) is 4.39 Å². The zero-order chi connectivity index (χ0) is 14.5. The molecule has 0 spiro atoms. The number of benzene rings is 2. The molecule has 106 valence electrons. The minimum absolute atomic E-state index is 0.370. The van der Waals surface area contributed by atoms with Crippen LogP contribution in [0.1, 0.15) is 30.6 Å². The van der Waals surface area contributed by atoms with Gasteiger partial charge in [-0.05, 0) is 42.3 Å². The normalized spacial score (nSPS) is 12.2. The van der Waals surface area contributed by atoms with E-state index in [2.05, 4.69) is 15.9 Å². The third kappa shape index (κ3) is 3.58. The van der Waals surface area contributed by atoms with Gasteiger partial charge in [0.2, 0.25) is 0 Å². The quantitative estimate of drug-likeness (QED) is 0.872. The van der Waals surface area contributed by atoms with Crippen LogP contribution in [0.25, 0.3) is 0 Å². The van der Waals surface area contributed by atoms with Crippen LogP contribution in [0, 0.1) is 5.82 Å². The summed E-state index contributed by atoms with van der Waals surface area (Å²) >= 11 is 3.33. The fraction of sp³-hybridized carbons (Fsp3) is 0.250. The Bertz CT molecular complexity index is 569. The van der Waals surface area contributed by atoms with Gasteiger partial charge in [0.25, 0.3) is 0 Å². The molecule has 0 aliphatic rings. The number of ether oxygens (including phenoxy) is 1. The first kappa shape index (κ1) is 15.0. The number of hydrogen-bond donors (Lipinski definition) is 1. The molecular weight excluding hydrogens is 323 g/mol. The predicted octanol–water partition coefficient (Wildman–Crippen LogP) is 4.46. The van der Waals surface area contributed by atoms with Gasteiger partial charge < -0.3 is 9.84 Å². The summed E-state index contributed by atoms with van der Waals surface area (Å²) < 4.78 is 19.4. The molecule has 1 unspecified atom stereocenters. The summed E-state index contributed by atoms with van der Waals surface area (Å²) in [6.45, 7) is 2.71. The van der Waals surface area contributed by atoms with Crippen LogP contribution in [-0.4, -0.2) is 11.7 Å². The van der Waals surface area contributed by atoms with Gasteiger partial charge in [-0.1, -0.05) is 35.0 Å². The summed E-state index contributed by atoms with van der Waals surface area (Å²) in [6.07, 6.45) is 0.0703. The van der Waals surface area contributed by atoms with Crippen molar-refractivity contribution in [1.82, 2.24) is 0 Å². The van der Waals surface area contributed by atoms with Crippen molar-refractivity contribution in [2.75, 3.05) is 6.61 Å². The lowest BCUT2D eigenvalue weighted by Crippen LogP contribution is -2.02. The number of halogens is 2. The zero-order valence-electron chi connectivity index (χ0n) is 11.1. The Kier molecular flexibility index (Phi) is 5.15. The predicted molar refractivity (Wildman–Crippen MR) is 80.4 cm³/mol. The maximum absolute atomic E-state index is 13.3. The van der Waals surface area contributed by atoms with Gasteiger partial charge in [0, 0.05) is 10.0 Å². The largest absolute Gasteiger partial charge is 0.494 e. The summed E-state index contributed by atoms with van der Waals surface area (Å²) in [5.41, 5.74) is 1.20. The van der Waals surface area contributed by atoms with Crippen molar-refractivity contribution in [2.45, 2.75) is 19.4 Å². The van der Waals surface area contributed by atoms with E-state index < -0.39 is 6.10 Å². The van der Waals surface area contributed by atoms with Crippen LogP contribution in [0.3, 0.4) is 0 Å². The summed E-state index contributed by atoms with van der Waals surface area (Å²) in [5.74, 6) is 0.395. The molecule has 1 atom stereocenters. The first-order chi connectivity index (χ1) is 9.61. The average Bonchev–Trinajstić information content (AvgIpc) is 2.47. The van der Waals surface area contributed by atoms with Gasteiger partial charge in [-0.25, -0.2) is 4.39 Å². The molecule has 2 aromatic carbocycles. The number of rotatable bonds is 5. The molecule has 0 saturated carbocycles. The Morgan fingerprint density at radius 2 is 1.90 bits per heavy atom. The van der Waals surface area contributed by atoms with Gasteiger partial charge in [0.1, 0.15) is 17.7 Å². The van der Waals surface area contributed by atoms with E-state index in [1.165, 1.54) is 12.1 Å². The van der Waals surface area contributed by atoms with E-state index in [0.29, 0.717) is 22.2 Å². The molecule has 2 rings (SSSR count). The molecule has 2 nitrogen and oxygen atoms in total. The zero-order valence-corrected chi connectivity index (χ0v) is 12.7. The van der Waals surface area contributed by atoms with E-state index >= 15 is 0 Å². The first-order valence-corrected chi connectivity index (χ1v) is 7.27. The van der Waals surface area contributed by atoms with Crippen LogP contribution < -0.4 is 4.74 Å². The summed E-state index contributed by atoms with van der Waals surface area (Å²) in [4.78, 5) is 0. The molecule has 0 aliphatic carbocycles. The minimum Gasteiger partial charge on any atom is -0.494 e. The molecule has 20 heavy (non-hydrogen) atoms. The molecule has 0 aromatic heterocycles. The topological polar surface area (TPSA) is 29.5 Å². The monoisotopic (exact) mass is 338 g/mol. The van der Waals surface area contributed by atoms with E-state index in [-0.39, 0.29) is 5.82 Å². The third-order valence-corrected chi connectivity index (χ3v) is 3.64. The van der Waals surface area contributed by atoms with Crippen molar-refractivity contribution in [1.29, 1.82) is 0 Å². The minimum atomic E-state index is -0.875. The highest BCUT2D eigenvalue weighted by molar-refractivity contribution is 9.10. The highest BCUT2D eigenvalue weighted by Gasteiger charge is 2.14. The maximum Gasteiger partial charge on any atom is 0.123 e. The molecule has 0 radical (unpaired) electrons. The highest BCUT2D eigenvalue weighted by Crippen LogP contribution is 2.30. The van der Waals surface area contributed by atoms with E-state index in [1.54, 1.807) is 30.3 Å². The van der Waals surface area contributed by atoms with Crippen molar-refractivity contribution in [2.24, 2.45) is 0 Å². The number of hydrogen-bond acceptors (Lipinski definition) is 2. The maximum atomic E-state index is 13.3. The van der Waals surface area contributed by atoms with Gasteiger partial charge in [0.05, 0.1) is 6.61 Å². The average molecular weight is 339 g/mol. The van der Waals surface area contributed by atoms with Gasteiger partial charge in [-0.2, -0.15) is 0 Å². The molecule has 0 aliphatic heterocycles. The smallest absolute Gasteiger partial charge is 0.123 e. The number of aliphatic hydroxyl groups is 1. The van der Waals surface area contributed by atoms with E-state index in [1.807, 2.05) is 6.92 Å². The van der Waals surface area contributed by atoms with Crippen LogP contribution in [-0.2, 0) is 0 Å². The molecule has 0 heterocycles. The van der Waals surface area contributed by atoms with Gasteiger partial charge in [-0.15, -0.1) is 0 Å². The molecular formula is C16H16BrFO2. The highest BCUT2D eigenvalue weighted by atomic mass is 79.9. The van der Waals surface area contributed by atoms with Crippen LogP contribution >= 0.6 is 15.9 Å². The molecule has 4 heteroatoms. The van der Waals surface area contributed by atoms with Crippen LogP contribution in [0.5, 0.6) is 5.75 Å². The molecule has 2 aromatic rings. The molecule has 0 fully saturated rings. The Morgan fingerprint density at radius 1 is 1.20 bits per heavy atom. The van der Waals surface area contributed by atoms with Gasteiger partial charge in [-0.3, -0.25) is 0 Å². The van der Waals surface area contributed by atoms with Crippen molar-refractivity contribution in [3.05, 3.63) is 63.9 Å². The Morgan fingerprint density at radius 3 is 2.55 bits per heavy atom. The molecule has 0 bridgehead atoms. The fourth-order valence-electron chi connectivity index (χ4n) is 1.87. The molecule has 0 saturated heterocycles. The Balaban J connectivity index is 2.20. The summed E-state index contributed by atoms with van der Waals surface area (Å²) in [7, 11) is 0. The van der Waals surface area contributed by atoms with E-state index in [9.17, 15) is 9.50 Å². The first-order valence-electron chi connectivity index (χ1n) is 6.47. The van der Waals surface area contributed by atoms with Crippen LogP contribution in [0.15, 0.2) is 46.9 Å². The molecule has 0 amide bonds. The van der Waals surface area contributed by atoms with E-state index in [0.717, 1.165) is 12.2 Å². The second-order valence-corrected chi connectivity index (χ2v) is 5.34. The van der Waals surface area contributed by atoms with Gasteiger partial charge >= 0.3 is 0 Å². The summed E-state index contributed by atoms with van der Waals surface area (Å²) in [5, 5.41) is 10.3. The fourth-order valence-corrected chi connectivity index (χ4v) is 2.33. The van der Waals surface area contributed by atoms with Gasteiger partial charge in [0.15, 0.2) is 0 Å². The van der Waals surface area contributed by atoms with Crippen molar-refractivity contribution in [3.8, 4) is 5.75 Å². The lowest BCUT2D eigenvalue weighted by atomic mass is 10.0. The van der Waals surface area contributed by atoms with Crippen LogP contribution in [0.2, 0.25) is 0 Å². The lowest BCUT2D eigenvalue weighted by Gasteiger charge is -2.14.